The summed E-state index contributed by atoms with van der Waals surface area (Å²) in [5.74, 6) is 1.63. The summed E-state index contributed by atoms with van der Waals surface area (Å²) in [5.41, 5.74) is 0.733. The normalized spacial score (nSPS) is 19.0. The van der Waals surface area contributed by atoms with Gasteiger partial charge in [0, 0.05) is 13.6 Å². The van der Waals surface area contributed by atoms with E-state index in [4.69, 9.17) is 11.6 Å². The summed E-state index contributed by atoms with van der Waals surface area (Å²) in [6.45, 7) is 0.711. The van der Waals surface area contributed by atoms with E-state index in [0.717, 1.165) is 11.0 Å². The van der Waals surface area contributed by atoms with Crippen molar-refractivity contribution in [2.75, 3.05) is 23.4 Å². The smallest absolute Gasteiger partial charge is 0.161 e. The van der Waals surface area contributed by atoms with Gasteiger partial charge >= 0.3 is 0 Å². The molecule has 21 heavy (non-hydrogen) atoms. The van der Waals surface area contributed by atoms with E-state index in [2.05, 4.69) is 15.4 Å². The molecule has 0 unspecified atom stereocenters. The maximum atomic E-state index is 11.4. The van der Waals surface area contributed by atoms with E-state index >= 15 is 0 Å². The first kappa shape index (κ1) is 14.6. The molecule has 0 aliphatic carbocycles. The monoisotopic (exact) mass is 328 g/mol. The second kappa shape index (κ2) is 5.46. The number of aromatic nitrogens is 3. The number of aryl methyl sites for hydroxylation is 1. The van der Waals surface area contributed by atoms with Gasteiger partial charge < -0.3 is 5.32 Å². The summed E-state index contributed by atoms with van der Waals surface area (Å²) in [5, 5.41) is 8.84. The van der Waals surface area contributed by atoms with Gasteiger partial charge in [0.05, 0.1) is 28.1 Å². The summed E-state index contributed by atoms with van der Waals surface area (Å²) >= 11 is 6.22. The van der Waals surface area contributed by atoms with Crippen LogP contribution in [-0.2, 0) is 16.9 Å². The number of hydrogen-bond acceptors (Lipinski definition) is 5. The number of anilines is 1. The first-order valence-corrected chi connectivity index (χ1v) is 9.07. The van der Waals surface area contributed by atoms with Crippen LogP contribution in [0.5, 0.6) is 0 Å². The molecule has 0 spiro atoms. The zero-order chi connectivity index (χ0) is 15.0. The van der Waals surface area contributed by atoms with E-state index in [1.807, 2.05) is 7.05 Å². The van der Waals surface area contributed by atoms with Gasteiger partial charge in [-0.15, -0.1) is 0 Å². The highest BCUT2D eigenvalue weighted by atomic mass is 35.5. The lowest BCUT2D eigenvalue weighted by Gasteiger charge is -2.22. The summed E-state index contributed by atoms with van der Waals surface area (Å²) in [6, 6.07) is 1.78. The molecule has 0 saturated carbocycles. The third-order valence-corrected chi connectivity index (χ3v) is 5.93. The van der Waals surface area contributed by atoms with Crippen molar-refractivity contribution in [2.24, 2.45) is 13.0 Å². The summed E-state index contributed by atoms with van der Waals surface area (Å²) in [6.07, 6.45) is 3.11. The minimum absolute atomic E-state index is 0.286. The quantitative estimate of drug-likeness (QED) is 0.930. The van der Waals surface area contributed by atoms with Gasteiger partial charge in [0.2, 0.25) is 0 Å². The van der Waals surface area contributed by atoms with Crippen molar-refractivity contribution in [2.45, 2.75) is 12.8 Å². The molecular formula is C13H17ClN4O2S. The van der Waals surface area contributed by atoms with Crippen molar-refractivity contribution in [1.29, 1.82) is 0 Å². The van der Waals surface area contributed by atoms with Crippen molar-refractivity contribution in [3.63, 3.8) is 0 Å². The van der Waals surface area contributed by atoms with Gasteiger partial charge in [0.25, 0.3) is 0 Å². The Morgan fingerprint density at radius 2 is 2.14 bits per heavy atom. The zero-order valence-corrected chi connectivity index (χ0v) is 13.3. The first-order chi connectivity index (χ1) is 9.94. The maximum absolute atomic E-state index is 11.4. The number of rotatable bonds is 3. The minimum Gasteiger partial charge on any atom is -0.370 e. The molecule has 6 nitrogen and oxygen atoms in total. The molecule has 114 valence electrons. The van der Waals surface area contributed by atoms with Gasteiger partial charge in [-0.25, -0.2) is 13.4 Å². The Kier molecular flexibility index (Phi) is 3.79. The van der Waals surface area contributed by atoms with Gasteiger partial charge in [0.1, 0.15) is 15.7 Å². The fraction of sp³-hybridized carbons (Fsp3) is 0.538. The highest BCUT2D eigenvalue weighted by molar-refractivity contribution is 7.91. The van der Waals surface area contributed by atoms with Crippen molar-refractivity contribution in [3.8, 4) is 0 Å². The van der Waals surface area contributed by atoms with E-state index in [1.165, 1.54) is 0 Å². The Hall–Kier alpha value is -1.34. The average molecular weight is 329 g/mol. The van der Waals surface area contributed by atoms with Crippen LogP contribution < -0.4 is 5.32 Å². The number of halogens is 1. The molecule has 1 aliphatic heterocycles. The molecule has 0 atom stereocenters. The van der Waals surface area contributed by atoms with Crippen LogP contribution in [0.4, 0.5) is 5.82 Å². The molecule has 0 radical (unpaired) electrons. The number of hydrogen-bond donors (Lipinski definition) is 1. The van der Waals surface area contributed by atoms with Crippen molar-refractivity contribution < 1.29 is 8.42 Å². The van der Waals surface area contributed by atoms with Crippen LogP contribution in [0.2, 0.25) is 5.02 Å². The molecule has 0 bridgehead atoms. The second-order valence-corrected chi connectivity index (χ2v) is 8.18. The molecule has 0 amide bonds. The van der Waals surface area contributed by atoms with Crippen LogP contribution in [0, 0.1) is 5.92 Å². The molecule has 2 aromatic heterocycles. The lowest BCUT2D eigenvalue weighted by atomic mass is 10.0. The predicted molar refractivity (Wildman–Crippen MR) is 83.4 cm³/mol. The van der Waals surface area contributed by atoms with Gasteiger partial charge in [-0.2, -0.15) is 5.10 Å². The van der Waals surface area contributed by atoms with Crippen LogP contribution in [-0.4, -0.2) is 41.2 Å². The Bertz CT molecular complexity index is 758. The molecule has 3 rings (SSSR count). The molecular weight excluding hydrogens is 312 g/mol. The SMILES string of the molecule is Cn1ncc2c(Cl)cc(NCC3CCS(=O)(=O)CC3)nc21. The third kappa shape index (κ3) is 3.13. The summed E-state index contributed by atoms with van der Waals surface area (Å²) in [7, 11) is -0.987. The summed E-state index contributed by atoms with van der Waals surface area (Å²) in [4.78, 5) is 4.50. The fourth-order valence-electron chi connectivity index (χ4n) is 2.56. The molecule has 1 N–H and O–H groups in total. The predicted octanol–water partition coefficient (Wildman–Crippen LogP) is 1.86. The molecule has 8 heteroatoms. The second-order valence-electron chi connectivity index (χ2n) is 5.47. The average Bonchev–Trinajstić information content (AvgIpc) is 2.80. The van der Waals surface area contributed by atoms with E-state index in [0.29, 0.717) is 36.1 Å². The maximum Gasteiger partial charge on any atom is 0.161 e. The number of pyridine rings is 1. The molecule has 1 saturated heterocycles. The van der Waals surface area contributed by atoms with Crippen molar-refractivity contribution >= 4 is 38.3 Å². The van der Waals surface area contributed by atoms with E-state index in [9.17, 15) is 8.42 Å². The summed E-state index contributed by atoms with van der Waals surface area (Å²) < 4.78 is 24.5. The van der Waals surface area contributed by atoms with Crippen LogP contribution in [0.3, 0.4) is 0 Å². The fourth-order valence-corrected chi connectivity index (χ4v) is 4.38. The standard InChI is InChI=1S/C13H17ClN4O2S/c1-18-13-10(8-16-18)11(14)6-12(17-13)15-7-9-2-4-21(19,20)5-3-9/h6,8-9H,2-5,7H2,1H3,(H,15,17). The van der Waals surface area contributed by atoms with E-state index < -0.39 is 9.84 Å². The minimum atomic E-state index is -2.81. The number of sulfone groups is 1. The molecule has 0 aromatic carbocycles. The Labute approximate surface area is 128 Å². The van der Waals surface area contributed by atoms with Crippen LogP contribution in [0.1, 0.15) is 12.8 Å². The van der Waals surface area contributed by atoms with Crippen LogP contribution in [0.15, 0.2) is 12.3 Å². The zero-order valence-electron chi connectivity index (χ0n) is 11.7. The van der Waals surface area contributed by atoms with Crippen molar-refractivity contribution in [3.05, 3.63) is 17.3 Å². The van der Waals surface area contributed by atoms with E-state index in [1.54, 1.807) is 16.9 Å². The van der Waals surface area contributed by atoms with Gasteiger partial charge in [-0.1, -0.05) is 11.6 Å². The first-order valence-electron chi connectivity index (χ1n) is 6.87. The number of nitrogens with zero attached hydrogens (tertiary/aromatic N) is 3. The number of nitrogens with one attached hydrogen (secondary N) is 1. The molecule has 2 aromatic rings. The van der Waals surface area contributed by atoms with Gasteiger partial charge in [-0.05, 0) is 24.8 Å². The lowest BCUT2D eigenvalue weighted by Crippen LogP contribution is -2.27. The van der Waals surface area contributed by atoms with Gasteiger partial charge in [-0.3, -0.25) is 4.68 Å². The van der Waals surface area contributed by atoms with Crippen LogP contribution in [0.25, 0.3) is 11.0 Å². The number of fused-ring (bicyclic) bond motifs is 1. The van der Waals surface area contributed by atoms with Gasteiger partial charge in [0.15, 0.2) is 5.65 Å². The largest absolute Gasteiger partial charge is 0.370 e. The third-order valence-electron chi connectivity index (χ3n) is 3.90. The Balaban J connectivity index is 1.70. The lowest BCUT2D eigenvalue weighted by molar-refractivity contribution is 0.484. The topological polar surface area (TPSA) is 76.9 Å². The van der Waals surface area contributed by atoms with E-state index in [-0.39, 0.29) is 11.5 Å². The highest BCUT2D eigenvalue weighted by Crippen LogP contribution is 2.25. The Morgan fingerprint density at radius 1 is 1.43 bits per heavy atom. The van der Waals surface area contributed by atoms with Crippen molar-refractivity contribution in [1.82, 2.24) is 14.8 Å². The highest BCUT2D eigenvalue weighted by Gasteiger charge is 2.23. The molecule has 3 heterocycles. The molecule has 1 aliphatic rings. The van der Waals surface area contributed by atoms with Crippen LogP contribution >= 0.6 is 11.6 Å². The Morgan fingerprint density at radius 3 is 2.86 bits per heavy atom. The molecule has 1 fully saturated rings.